The summed E-state index contributed by atoms with van der Waals surface area (Å²) in [6.07, 6.45) is -0.839. The third kappa shape index (κ3) is 3.50. The van der Waals surface area contributed by atoms with Gasteiger partial charge in [-0.1, -0.05) is 25.1 Å². The molecule has 0 heterocycles. The van der Waals surface area contributed by atoms with E-state index in [0.717, 1.165) is 0 Å². The van der Waals surface area contributed by atoms with Gasteiger partial charge in [-0.3, -0.25) is 0 Å². The number of likely N-dealkylation sites (N-methyl/N-ethyl adjacent to an activating group) is 1. The first-order chi connectivity index (χ1) is 8.02. The van der Waals surface area contributed by atoms with Crippen LogP contribution in [0.4, 0.5) is 0 Å². The van der Waals surface area contributed by atoms with Crippen LogP contribution >= 0.6 is 0 Å². The fourth-order valence-corrected chi connectivity index (χ4v) is 2.96. The Balaban J connectivity index is 2.95. The molecule has 0 aliphatic heterocycles. The van der Waals surface area contributed by atoms with Crippen molar-refractivity contribution < 1.29 is 13.5 Å². The summed E-state index contributed by atoms with van der Waals surface area (Å²) in [6.45, 7) is 2.09. The zero-order chi connectivity index (χ0) is 12.9. The maximum atomic E-state index is 12.2. The minimum Gasteiger partial charge on any atom is -0.390 e. The van der Waals surface area contributed by atoms with Crippen LogP contribution in [-0.4, -0.2) is 43.6 Å². The van der Waals surface area contributed by atoms with Gasteiger partial charge >= 0.3 is 0 Å². The molecule has 0 bridgehead atoms. The van der Waals surface area contributed by atoms with Gasteiger partial charge in [0, 0.05) is 19.6 Å². The van der Waals surface area contributed by atoms with E-state index in [4.69, 9.17) is 5.73 Å². The minimum absolute atomic E-state index is 0.0181. The minimum atomic E-state index is -3.54. The highest BCUT2D eigenvalue weighted by atomic mass is 32.2. The number of benzene rings is 1. The summed E-state index contributed by atoms with van der Waals surface area (Å²) < 4.78 is 25.6. The Labute approximate surface area is 102 Å². The van der Waals surface area contributed by atoms with Gasteiger partial charge in [-0.2, -0.15) is 4.31 Å². The van der Waals surface area contributed by atoms with E-state index in [0.29, 0.717) is 6.54 Å². The molecule has 0 aliphatic rings. The lowest BCUT2D eigenvalue weighted by molar-refractivity contribution is 0.154. The van der Waals surface area contributed by atoms with Crippen molar-refractivity contribution in [1.29, 1.82) is 0 Å². The molecule has 1 aromatic rings. The highest BCUT2D eigenvalue weighted by Crippen LogP contribution is 2.14. The Morgan fingerprint density at radius 1 is 1.35 bits per heavy atom. The quantitative estimate of drug-likeness (QED) is 0.753. The third-order valence-corrected chi connectivity index (χ3v) is 4.38. The van der Waals surface area contributed by atoms with E-state index in [1.165, 1.54) is 16.4 Å². The highest BCUT2D eigenvalue weighted by molar-refractivity contribution is 7.89. The van der Waals surface area contributed by atoms with Gasteiger partial charge in [0.2, 0.25) is 10.0 Å². The van der Waals surface area contributed by atoms with Crippen molar-refractivity contribution in [1.82, 2.24) is 4.31 Å². The van der Waals surface area contributed by atoms with Gasteiger partial charge in [0.25, 0.3) is 0 Å². The van der Waals surface area contributed by atoms with Crippen LogP contribution in [0.15, 0.2) is 35.2 Å². The number of hydrogen-bond acceptors (Lipinski definition) is 4. The number of aliphatic hydroxyl groups is 1. The van der Waals surface area contributed by atoms with Crippen LogP contribution in [0.5, 0.6) is 0 Å². The Hall–Kier alpha value is -0.950. The Bertz CT molecular complexity index is 433. The molecule has 1 aromatic carbocycles. The monoisotopic (exact) mass is 258 g/mol. The van der Waals surface area contributed by atoms with Crippen molar-refractivity contribution in [3.05, 3.63) is 30.3 Å². The zero-order valence-corrected chi connectivity index (χ0v) is 10.6. The Morgan fingerprint density at radius 2 is 1.94 bits per heavy atom. The van der Waals surface area contributed by atoms with Gasteiger partial charge < -0.3 is 10.8 Å². The summed E-state index contributed by atoms with van der Waals surface area (Å²) in [4.78, 5) is 0.228. The molecule has 0 saturated heterocycles. The van der Waals surface area contributed by atoms with Crippen LogP contribution in [0.25, 0.3) is 0 Å². The summed E-state index contributed by atoms with van der Waals surface area (Å²) >= 11 is 0. The van der Waals surface area contributed by atoms with Gasteiger partial charge in [-0.15, -0.1) is 0 Å². The predicted molar refractivity (Wildman–Crippen MR) is 65.9 cm³/mol. The number of hydrogen-bond donors (Lipinski definition) is 2. The smallest absolute Gasteiger partial charge is 0.243 e. The lowest BCUT2D eigenvalue weighted by Crippen LogP contribution is -2.40. The van der Waals surface area contributed by atoms with Gasteiger partial charge in [0.1, 0.15) is 0 Å². The van der Waals surface area contributed by atoms with Crippen molar-refractivity contribution in [3.8, 4) is 0 Å². The molecule has 0 saturated carbocycles. The molecule has 6 heteroatoms. The van der Waals surface area contributed by atoms with Gasteiger partial charge in [0.05, 0.1) is 11.0 Å². The molecule has 0 spiro atoms. The second kappa shape index (κ2) is 6.11. The van der Waals surface area contributed by atoms with Crippen molar-refractivity contribution in [2.75, 3.05) is 19.6 Å². The number of nitrogens with two attached hydrogens (primary N) is 1. The van der Waals surface area contributed by atoms with E-state index >= 15 is 0 Å². The van der Waals surface area contributed by atoms with E-state index in [-0.39, 0.29) is 18.0 Å². The molecule has 0 aliphatic carbocycles. The van der Waals surface area contributed by atoms with Crippen LogP contribution in [0.1, 0.15) is 6.92 Å². The fraction of sp³-hybridized carbons (Fsp3) is 0.455. The number of aliphatic hydroxyl groups excluding tert-OH is 1. The maximum Gasteiger partial charge on any atom is 0.243 e. The predicted octanol–water partition coefficient (Wildman–Crippen LogP) is 0.0168. The topological polar surface area (TPSA) is 83.6 Å². The zero-order valence-electron chi connectivity index (χ0n) is 9.78. The van der Waals surface area contributed by atoms with Crippen LogP contribution in [0.2, 0.25) is 0 Å². The van der Waals surface area contributed by atoms with E-state index in [1.54, 1.807) is 25.1 Å². The molecular formula is C11H18N2O3S. The third-order valence-electron chi connectivity index (χ3n) is 2.42. The molecule has 1 atom stereocenters. The fourth-order valence-electron chi connectivity index (χ4n) is 1.45. The van der Waals surface area contributed by atoms with E-state index in [9.17, 15) is 13.5 Å². The first kappa shape index (κ1) is 14.1. The Morgan fingerprint density at radius 3 is 2.41 bits per heavy atom. The summed E-state index contributed by atoms with van der Waals surface area (Å²) in [5.74, 6) is 0. The molecule has 5 nitrogen and oxygen atoms in total. The van der Waals surface area contributed by atoms with Crippen molar-refractivity contribution >= 4 is 10.0 Å². The van der Waals surface area contributed by atoms with Gasteiger partial charge in [0.15, 0.2) is 0 Å². The molecule has 0 amide bonds. The second-order valence-corrected chi connectivity index (χ2v) is 5.60. The largest absolute Gasteiger partial charge is 0.390 e. The standard InChI is InChI=1S/C11H18N2O3S/c1-2-13(9-10(14)8-12)17(15,16)11-6-4-3-5-7-11/h3-7,10,14H,2,8-9,12H2,1H3. The van der Waals surface area contributed by atoms with Crippen molar-refractivity contribution in [2.24, 2.45) is 5.73 Å². The molecule has 96 valence electrons. The molecule has 0 fully saturated rings. The lowest BCUT2D eigenvalue weighted by Gasteiger charge is -2.22. The first-order valence-corrected chi connectivity index (χ1v) is 6.89. The number of sulfonamides is 1. The summed E-state index contributed by atoms with van der Waals surface area (Å²) in [5, 5.41) is 9.44. The molecule has 0 radical (unpaired) electrons. The van der Waals surface area contributed by atoms with Crippen LogP contribution in [-0.2, 0) is 10.0 Å². The molecule has 17 heavy (non-hydrogen) atoms. The summed E-state index contributed by atoms with van der Waals surface area (Å²) in [6, 6.07) is 8.16. The second-order valence-electron chi connectivity index (χ2n) is 3.66. The SMILES string of the molecule is CCN(CC(O)CN)S(=O)(=O)c1ccccc1. The normalized spacial score (nSPS) is 13.9. The lowest BCUT2D eigenvalue weighted by atomic mass is 10.3. The van der Waals surface area contributed by atoms with Crippen LogP contribution in [0, 0.1) is 0 Å². The molecule has 1 rings (SSSR count). The summed E-state index contributed by atoms with van der Waals surface area (Å²) in [5.41, 5.74) is 5.29. The Kier molecular flexibility index (Phi) is 5.07. The van der Waals surface area contributed by atoms with Crippen molar-refractivity contribution in [2.45, 2.75) is 17.9 Å². The first-order valence-electron chi connectivity index (χ1n) is 5.45. The number of rotatable bonds is 6. The molecule has 1 unspecified atom stereocenters. The molecular weight excluding hydrogens is 240 g/mol. The summed E-state index contributed by atoms with van der Waals surface area (Å²) in [7, 11) is -3.54. The highest BCUT2D eigenvalue weighted by Gasteiger charge is 2.24. The average molecular weight is 258 g/mol. The number of nitrogens with zero attached hydrogens (tertiary/aromatic N) is 1. The molecule has 0 aromatic heterocycles. The average Bonchev–Trinajstić information content (AvgIpc) is 2.36. The van der Waals surface area contributed by atoms with Crippen LogP contribution in [0.3, 0.4) is 0 Å². The van der Waals surface area contributed by atoms with E-state index in [1.807, 2.05) is 0 Å². The maximum absolute atomic E-state index is 12.2. The van der Waals surface area contributed by atoms with Crippen molar-refractivity contribution in [3.63, 3.8) is 0 Å². The van der Waals surface area contributed by atoms with Gasteiger partial charge in [-0.05, 0) is 12.1 Å². The van der Waals surface area contributed by atoms with Gasteiger partial charge in [-0.25, -0.2) is 8.42 Å². The molecule has 3 N–H and O–H groups in total. The van der Waals surface area contributed by atoms with E-state index < -0.39 is 16.1 Å². The van der Waals surface area contributed by atoms with E-state index in [2.05, 4.69) is 0 Å². The van der Waals surface area contributed by atoms with Crippen LogP contribution < -0.4 is 5.73 Å².